The van der Waals surface area contributed by atoms with E-state index in [4.69, 9.17) is 5.73 Å². The fourth-order valence-corrected chi connectivity index (χ4v) is 2.78. The summed E-state index contributed by atoms with van der Waals surface area (Å²) < 4.78 is 0. The lowest BCUT2D eigenvalue weighted by molar-refractivity contribution is 0.0696. The number of hydrogen-bond donors (Lipinski definition) is 1. The van der Waals surface area contributed by atoms with Crippen molar-refractivity contribution in [2.24, 2.45) is 0 Å². The summed E-state index contributed by atoms with van der Waals surface area (Å²) in [5.74, 6) is 0.0956. The van der Waals surface area contributed by atoms with E-state index in [1.807, 2.05) is 24.0 Å². The fourth-order valence-electron chi connectivity index (χ4n) is 2.78. The van der Waals surface area contributed by atoms with Crippen molar-refractivity contribution in [2.45, 2.75) is 26.3 Å². The van der Waals surface area contributed by atoms with Crippen LogP contribution in [0.25, 0.3) is 0 Å². The van der Waals surface area contributed by atoms with Gasteiger partial charge in [0.15, 0.2) is 0 Å². The number of hydrogen-bond acceptors (Lipinski definition) is 3. The van der Waals surface area contributed by atoms with Crippen LogP contribution in [0.5, 0.6) is 0 Å². The summed E-state index contributed by atoms with van der Waals surface area (Å²) in [7, 11) is 2.11. The maximum absolute atomic E-state index is 12.6. The number of carbonyl (C=O) groups is 1. The summed E-state index contributed by atoms with van der Waals surface area (Å²) in [5, 5.41) is 0. The van der Waals surface area contributed by atoms with Crippen molar-refractivity contribution in [3.63, 3.8) is 0 Å². The third-order valence-electron chi connectivity index (χ3n) is 3.65. The molecule has 0 radical (unpaired) electrons. The van der Waals surface area contributed by atoms with Crippen molar-refractivity contribution >= 4 is 11.6 Å². The molecule has 1 aromatic carbocycles. The highest BCUT2D eigenvalue weighted by atomic mass is 16.2. The van der Waals surface area contributed by atoms with Gasteiger partial charge in [0, 0.05) is 30.4 Å². The Kier molecular flexibility index (Phi) is 4.10. The van der Waals surface area contributed by atoms with Crippen LogP contribution in [0.3, 0.4) is 0 Å². The first-order valence-corrected chi connectivity index (χ1v) is 6.84. The minimum atomic E-state index is 0.0956. The monoisotopic (exact) mass is 261 g/mol. The van der Waals surface area contributed by atoms with Crippen LogP contribution in [0.2, 0.25) is 0 Å². The van der Waals surface area contributed by atoms with E-state index in [2.05, 4.69) is 18.9 Å². The standard InChI is InChI=1S/C15H23N3O/c1-11-7-13(9-14(16)8-11)15(19)18-6-4-5-17(3)10-12(18)2/h7-9,12H,4-6,10,16H2,1-3H3. The van der Waals surface area contributed by atoms with E-state index < -0.39 is 0 Å². The lowest BCUT2D eigenvalue weighted by Crippen LogP contribution is -2.42. The molecule has 0 spiro atoms. The Labute approximate surface area is 115 Å². The average molecular weight is 261 g/mol. The van der Waals surface area contributed by atoms with Gasteiger partial charge in [-0.2, -0.15) is 0 Å². The van der Waals surface area contributed by atoms with Crippen LogP contribution in [-0.4, -0.2) is 48.4 Å². The zero-order chi connectivity index (χ0) is 14.0. The number of carbonyl (C=O) groups excluding carboxylic acids is 1. The summed E-state index contributed by atoms with van der Waals surface area (Å²) in [5.41, 5.74) is 8.22. The minimum absolute atomic E-state index is 0.0956. The second-order valence-corrected chi connectivity index (χ2v) is 5.60. The zero-order valence-electron chi connectivity index (χ0n) is 12.0. The topological polar surface area (TPSA) is 49.6 Å². The number of nitrogen functional groups attached to an aromatic ring is 1. The highest BCUT2D eigenvalue weighted by Crippen LogP contribution is 2.17. The highest BCUT2D eigenvalue weighted by Gasteiger charge is 2.25. The van der Waals surface area contributed by atoms with Gasteiger partial charge in [-0.05, 0) is 57.6 Å². The first-order valence-electron chi connectivity index (χ1n) is 6.84. The molecule has 0 aromatic heterocycles. The second-order valence-electron chi connectivity index (χ2n) is 5.60. The average Bonchev–Trinajstić information content (AvgIpc) is 2.48. The quantitative estimate of drug-likeness (QED) is 0.783. The number of benzene rings is 1. The largest absolute Gasteiger partial charge is 0.399 e. The first kappa shape index (κ1) is 13.9. The molecular formula is C15H23N3O. The van der Waals surface area contributed by atoms with Crippen molar-refractivity contribution in [2.75, 3.05) is 32.4 Å². The molecule has 0 saturated carbocycles. The molecule has 1 unspecified atom stereocenters. The SMILES string of the molecule is Cc1cc(N)cc(C(=O)N2CCCN(C)CC2C)c1. The molecular weight excluding hydrogens is 238 g/mol. The van der Waals surface area contributed by atoms with Gasteiger partial charge in [0.05, 0.1) is 0 Å². The van der Waals surface area contributed by atoms with E-state index in [1.165, 1.54) is 0 Å². The smallest absolute Gasteiger partial charge is 0.254 e. The number of amides is 1. The molecule has 1 saturated heterocycles. The molecule has 0 aliphatic carbocycles. The van der Waals surface area contributed by atoms with Crippen LogP contribution in [0, 0.1) is 6.92 Å². The van der Waals surface area contributed by atoms with Crippen LogP contribution in [0.15, 0.2) is 18.2 Å². The van der Waals surface area contributed by atoms with Gasteiger partial charge in [-0.1, -0.05) is 0 Å². The van der Waals surface area contributed by atoms with Crippen molar-refractivity contribution in [3.8, 4) is 0 Å². The molecule has 2 rings (SSSR count). The summed E-state index contributed by atoms with van der Waals surface area (Å²) in [6, 6.07) is 5.81. The Morgan fingerprint density at radius 1 is 1.32 bits per heavy atom. The van der Waals surface area contributed by atoms with Gasteiger partial charge in [-0.15, -0.1) is 0 Å². The van der Waals surface area contributed by atoms with Crippen molar-refractivity contribution in [3.05, 3.63) is 29.3 Å². The lowest BCUT2D eigenvalue weighted by atomic mass is 10.1. The molecule has 4 heteroatoms. The number of anilines is 1. The predicted molar refractivity (Wildman–Crippen MR) is 78.2 cm³/mol. The molecule has 1 aliphatic heterocycles. The maximum Gasteiger partial charge on any atom is 0.254 e. The highest BCUT2D eigenvalue weighted by molar-refractivity contribution is 5.95. The Hall–Kier alpha value is -1.55. The number of nitrogens with two attached hydrogens (primary N) is 1. The van der Waals surface area contributed by atoms with Crippen LogP contribution in [-0.2, 0) is 0 Å². The van der Waals surface area contributed by atoms with E-state index in [0.29, 0.717) is 11.3 Å². The second kappa shape index (κ2) is 5.61. The van der Waals surface area contributed by atoms with Crippen molar-refractivity contribution in [1.29, 1.82) is 0 Å². The molecule has 1 amide bonds. The number of likely N-dealkylation sites (N-methyl/N-ethyl adjacent to an activating group) is 1. The summed E-state index contributed by atoms with van der Waals surface area (Å²) in [4.78, 5) is 16.9. The molecule has 1 aliphatic rings. The summed E-state index contributed by atoms with van der Waals surface area (Å²) in [6.45, 7) is 6.86. The molecule has 1 aromatic rings. The van der Waals surface area contributed by atoms with Crippen LogP contribution < -0.4 is 5.73 Å². The predicted octanol–water partition coefficient (Wildman–Crippen LogP) is 1.74. The normalized spacial score (nSPS) is 21.2. The first-order chi connectivity index (χ1) is 8.97. The van der Waals surface area contributed by atoms with Gasteiger partial charge < -0.3 is 15.5 Å². The van der Waals surface area contributed by atoms with E-state index >= 15 is 0 Å². The number of rotatable bonds is 1. The minimum Gasteiger partial charge on any atom is -0.399 e. The molecule has 2 N–H and O–H groups in total. The molecule has 0 bridgehead atoms. The van der Waals surface area contributed by atoms with Gasteiger partial charge in [-0.3, -0.25) is 4.79 Å². The third-order valence-corrected chi connectivity index (χ3v) is 3.65. The van der Waals surface area contributed by atoms with E-state index in [0.717, 1.165) is 31.6 Å². The van der Waals surface area contributed by atoms with Gasteiger partial charge in [-0.25, -0.2) is 0 Å². The Bertz CT molecular complexity index is 452. The molecule has 1 heterocycles. The van der Waals surface area contributed by atoms with Crippen molar-refractivity contribution < 1.29 is 4.79 Å². The van der Waals surface area contributed by atoms with E-state index in [-0.39, 0.29) is 11.9 Å². The third kappa shape index (κ3) is 3.26. The van der Waals surface area contributed by atoms with Gasteiger partial charge in [0.25, 0.3) is 5.91 Å². The molecule has 1 atom stereocenters. The van der Waals surface area contributed by atoms with Gasteiger partial charge >= 0.3 is 0 Å². The molecule has 1 fully saturated rings. The number of nitrogens with zero attached hydrogens (tertiary/aromatic N) is 2. The molecule has 19 heavy (non-hydrogen) atoms. The van der Waals surface area contributed by atoms with Gasteiger partial charge in [0.2, 0.25) is 0 Å². The zero-order valence-corrected chi connectivity index (χ0v) is 12.0. The summed E-state index contributed by atoms with van der Waals surface area (Å²) in [6.07, 6.45) is 1.02. The Morgan fingerprint density at radius 3 is 2.74 bits per heavy atom. The van der Waals surface area contributed by atoms with Crippen molar-refractivity contribution in [1.82, 2.24) is 9.80 Å². The summed E-state index contributed by atoms with van der Waals surface area (Å²) >= 11 is 0. The maximum atomic E-state index is 12.6. The molecule has 104 valence electrons. The molecule has 4 nitrogen and oxygen atoms in total. The van der Waals surface area contributed by atoms with Crippen LogP contribution in [0.4, 0.5) is 5.69 Å². The Balaban J connectivity index is 2.22. The van der Waals surface area contributed by atoms with Crippen LogP contribution in [0.1, 0.15) is 29.3 Å². The fraction of sp³-hybridized carbons (Fsp3) is 0.533. The Morgan fingerprint density at radius 2 is 2.05 bits per heavy atom. The van der Waals surface area contributed by atoms with E-state index in [9.17, 15) is 4.79 Å². The van der Waals surface area contributed by atoms with Crippen LogP contribution >= 0.6 is 0 Å². The lowest BCUT2D eigenvalue weighted by Gasteiger charge is -2.28. The number of aryl methyl sites for hydroxylation is 1. The van der Waals surface area contributed by atoms with Gasteiger partial charge in [0.1, 0.15) is 0 Å². The van der Waals surface area contributed by atoms with E-state index in [1.54, 1.807) is 6.07 Å².